The molecule has 3 rings (SSSR count). The van der Waals surface area contributed by atoms with E-state index >= 15 is 0 Å². The van der Waals surface area contributed by atoms with E-state index in [0.717, 1.165) is 18.7 Å². The molecule has 1 atom stereocenters. The predicted octanol–water partition coefficient (Wildman–Crippen LogP) is 0.832. The second-order valence-electron chi connectivity index (χ2n) is 6.70. The molecule has 1 aromatic heterocycles. The number of hydrogen-bond acceptors (Lipinski definition) is 6. The standard InChI is InChI=1S/C20H25FN4O4/c1-28-11-10-25-19(26)7-6-17(23-25)20(27)22-14-18(24-8-12-29-13-9-24)15-2-4-16(21)5-3-15/h2-7,18H,8-14H2,1H3,(H,22,27). The van der Waals surface area contributed by atoms with Crippen molar-refractivity contribution in [2.75, 3.05) is 46.6 Å². The number of aromatic nitrogens is 2. The van der Waals surface area contributed by atoms with Gasteiger partial charge < -0.3 is 14.8 Å². The minimum absolute atomic E-state index is 0.122. The van der Waals surface area contributed by atoms with Crippen molar-refractivity contribution < 1.29 is 18.7 Å². The Hall–Kier alpha value is -2.62. The molecule has 0 spiro atoms. The molecule has 0 saturated carbocycles. The van der Waals surface area contributed by atoms with Gasteiger partial charge in [-0.25, -0.2) is 9.07 Å². The highest BCUT2D eigenvalue weighted by atomic mass is 19.1. The normalized spacial score (nSPS) is 15.8. The zero-order valence-corrected chi connectivity index (χ0v) is 16.3. The summed E-state index contributed by atoms with van der Waals surface area (Å²) in [6, 6.07) is 8.88. The Morgan fingerprint density at radius 3 is 2.66 bits per heavy atom. The Balaban J connectivity index is 1.72. The van der Waals surface area contributed by atoms with Crippen LogP contribution in [0.5, 0.6) is 0 Å². The van der Waals surface area contributed by atoms with Gasteiger partial charge in [0.05, 0.1) is 32.4 Å². The Bertz CT molecular complexity index is 866. The molecule has 1 fully saturated rings. The first-order valence-corrected chi connectivity index (χ1v) is 9.51. The molecule has 0 aliphatic carbocycles. The lowest BCUT2D eigenvalue weighted by molar-refractivity contribution is 0.0162. The number of carbonyl (C=O) groups is 1. The van der Waals surface area contributed by atoms with Crippen LogP contribution in [0.1, 0.15) is 22.1 Å². The van der Waals surface area contributed by atoms with E-state index in [9.17, 15) is 14.0 Å². The average molecular weight is 404 g/mol. The molecule has 1 unspecified atom stereocenters. The van der Waals surface area contributed by atoms with E-state index in [1.54, 1.807) is 12.1 Å². The Labute approximate surface area is 168 Å². The summed E-state index contributed by atoms with van der Waals surface area (Å²) in [7, 11) is 1.53. The fraction of sp³-hybridized carbons (Fsp3) is 0.450. The van der Waals surface area contributed by atoms with Crippen LogP contribution in [0.25, 0.3) is 0 Å². The molecule has 1 aliphatic rings. The zero-order chi connectivity index (χ0) is 20.6. The number of benzene rings is 1. The summed E-state index contributed by atoms with van der Waals surface area (Å²) in [5.41, 5.74) is 0.767. The maximum Gasteiger partial charge on any atom is 0.271 e. The molecular formula is C20H25FN4O4. The average Bonchev–Trinajstić information content (AvgIpc) is 2.75. The van der Waals surface area contributed by atoms with Crippen LogP contribution in [0.15, 0.2) is 41.2 Å². The highest BCUT2D eigenvalue weighted by Gasteiger charge is 2.24. The van der Waals surface area contributed by atoms with Crippen LogP contribution < -0.4 is 10.9 Å². The van der Waals surface area contributed by atoms with Gasteiger partial charge in [0.15, 0.2) is 0 Å². The van der Waals surface area contributed by atoms with Crippen molar-refractivity contribution in [1.29, 1.82) is 0 Å². The van der Waals surface area contributed by atoms with Crippen molar-refractivity contribution in [2.45, 2.75) is 12.6 Å². The molecular weight excluding hydrogens is 379 g/mol. The highest BCUT2D eigenvalue weighted by molar-refractivity contribution is 5.92. The quantitative estimate of drug-likeness (QED) is 0.702. The van der Waals surface area contributed by atoms with Crippen LogP contribution in [0.2, 0.25) is 0 Å². The van der Waals surface area contributed by atoms with E-state index in [1.807, 2.05) is 0 Å². The fourth-order valence-electron chi connectivity index (χ4n) is 3.22. The molecule has 1 saturated heterocycles. The van der Waals surface area contributed by atoms with Crippen LogP contribution in [0, 0.1) is 5.82 Å². The van der Waals surface area contributed by atoms with Gasteiger partial charge >= 0.3 is 0 Å². The monoisotopic (exact) mass is 404 g/mol. The topological polar surface area (TPSA) is 85.7 Å². The Morgan fingerprint density at radius 2 is 1.97 bits per heavy atom. The third-order valence-corrected chi connectivity index (χ3v) is 4.80. The summed E-state index contributed by atoms with van der Waals surface area (Å²) in [5, 5.41) is 7.00. The van der Waals surface area contributed by atoms with E-state index in [1.165, 1.54) is 36.1 Å². The van der Waals surface area contributed by atoms with Gasteiger partial charge in [0.25, 0.3) is 11.5 Å². The number of halogens is 1. The lowest BCUT2D eigenvalue weighted by Gasteiger charge is -2.34. The number of methoxy groups -OCH3 is 1. The summed E-state index contributed by atoms with van der Waals surface area (Å²) in [6.45, 7) is 3.57. The molecule has 8 nitrogen and oxygen atoms in total. The summed E-state index contributed by atoms with van der Waals surface area (Å²) < 4.78 is 24.9. The van der Waals surface area contributed by atoms with Crippen molar-refractivity contribution in [2.24, 2.45) is 0 Å². The second-order valence-corrected chi connectivity index (χ2v) is 6.70. The fourth-order valence-corrected chi connectivity index (χ4v) is 3.22. The first-order chi connectivity index (χ1) is 14.1. The molecule has 9 heteroatoms. The zero-order valence-electron chi connectivity index (χ0n) is 16.3. The lowest BCUT2D eigenvalue weighted by atomic mass is 10.0. The molecule has 0 radical (unpaired) electrons. The van der Waals surface area contributed by atoms with Crippen molar-refractivity contribution in [3.05, 3.63) is 63.8 Å². The molecule has 156 valence electrons. The van der Waals surface area contributed by atoms with E-state index in [-0.39, 0.29) is 35.6 Å². The molecule has 2 aromatic rings. The number of carbonyl (C=O) groups excluding carboxylic acids is 1. The maximum atomic E-state index is 13.3. The van der Waals surface area contributed by atoms with Crippen LogP contribution in [-0.2, 0) is 16.0 Å². The number of hydrogen-bond donors (Lipinski definition) is 1. The van der Waals surface area contributed by atoms with E-state index in [4.69, 9.17) is 9.47 Å². The number of amides is 1. The second kappa shape index (κ2) is 10.2. The number of rotatable bonds is 8. The molecule has 1 aliphatic heterocycles. The summed E-state index contributed by atoms with van der Waals surface area (Å²) in [6.07, 6.45) is 0. The molecule has 1 aromatic carbocycles. The van der Waals surface area contributed by atoms with Crippen LogP contribution in [-0.4, -0.2) is 67.2 Å². The minimum atomic E-state index is -0.378. The van der Waals surface area contributed by atoms with Crippen molar-refractivity contribution in [3.63, 3.8) is 0 Å². The van der Waals surface area contributed by atoms with Gasteiger partial charge in [-0.3, -0.25) is 14.5 Å². The predicted molar refractivity (Wildman–Crippen MR) is 104 cm³/mol. The van der Waals surface area contributed by atoms with E-state index in [2.05, 4.69) is 15.3 Å². The summed E-state index contributed by atoms with van der Waals surface area (Å²) >= 11 is 0. The third kappa shape index (κ3) is 5.69. The minimum Gasteiger partial charge on any atom is -0.383 e. The van der Waals surface area contributed by atoms with Gasteiger partial charge in [-0.15, -0.1) is 0 Å². The molecule has 0 bridgehead atoms. The van der Waals surface area contributed by atoms with E-state index < -0.39 is 0 Å². The number of nitrogens with one attached hydrogen (secondary N) is 1. The smallest absolute Gasteiger partial charge is 0.271 e. The number of morpholine rings is 1. The molecule has 29 heavy (non-hydrogen) atoms. The van der Waals surface area contributed by atoms with Crippen molar-refractivity contribution in [1.82, 2.24) is 20.0 Å². The van der Waals surface area contributed by atoms with Gasteiger partial charge in [0, 0.05) is 32.8 Å². The largest absolute Gasteiger partial charge is 0.383 e. The highest BCUT2D eigenvalue weighted by Crippen LogP contribution is 2.21. The number of ether oxygens (including phenoxy) is 2. The molecule has 2 heterocycles. The SMILES string of the molecule is COCCn1nc(C(=O)NCC(c2ccc(F)cc2)N2CCOCC2)ccc1=O. The first kappa shape index (κ1) is 21.1. The maximum absolute atomic E-state index is 13.3. The van der Waals surface area contributed by atoms with Gasteiger partial charge in [-0.2, -0.15) is 5.10 Å². The van der Waals surface area contributed by atoms with Gasteiger partial charge in [0.1, 0.15) is 11.5 Å². The van der Waals surface area contributed by atoms with Gasteiger partial charge in [0.2, 0.25) is 0 Å². The third-order valence-electron chi connectivity index (χ3n) is 4.80. The Morgan fingerprint density at radius 1 is 1.24 bits per heavy atom. The van der Waals surface area contributed by atoms with Crippen LogP contribution >= 0.6 is 0 Å². The lowest BCUT2D eigenvalue weighted by Crippen LogP contribution is -2.44. The number of nitrogens with zero attached hydrogens (tertiary/aromatic N) is 3. The van der Waals surface area contributed by atoms with Crippen LogP contribution in [0.4, 0.5) is 4.39 Å². The summed E-state index contributed by atoms with van der Waals surface area (Å²) in [5.74, 6) is -0.683. The first-order valence-electron chi connectivity index (χ1n) is 9.51. The Kier molecular flexibility index (Phi) is 7.45. The van der Waals surface area contributed by atoms with Crippen molar-refractivity contribution >= 4 is 5.91 Å². The molecule has 1 amide bonds. The van der Waals surface area contributed by atoms with Crippen molar-refractivity contribution in [3.8, 4) is 0 Å². The molecule has 1 N–H and O–H groups in total. The van der Waals surface area contributed by atoms with Gasteiger partial charge in [-0.05, 0) is 23.8 Å². The van der Waals surface area contributed by atoms with E-state index in [0.29, 0.717) is 26.4 Å². The van der Waals surface area contributed by atoms with Crippen LogP contribution in [0.3, 0.4) is 0 Å². The summed E-state index contributed by atoms with van der Waals surface area (Å²) in [4.78, 5) is 26.7. The van der Waals surface area contributed by atoms with Gasteiger partial charge in [-0.1, -0.05) is 12.1 Å².